The monoisotopic (exact) mass is 467 g/mol. The van der Waals surface area contributed by atoms with E-state index in [1.807, 2.05) is 12.1 Å². The van der Waals surface area contributed by atoms with Crippen molar-refractivity contribution in [2.45, 2.75) is 46.1 Å². The molecule has 0 fully saturated rings. The summed E-state index contributed by atoms with van der Waals surface area (Å²) in [5.74, 6) is -0.520. The Balaban J connectivity index is 1.86. The number of hydrogen-bond donors (Lipinski definition) is 1. The predicted molar refractivity (Wildman–Crippen MR) is 130 cm³/mol. The van der Waals surface area contributed by atoms with Crippen LogP contribution in [-0.4, -0.2) is 26.0 Å². The van der Waals surface area contributed by atoms with Crippen LogP contribution in [0.15, 0.2) is 59.5 Å². The number of anilines is 1. The van der Waals surface area contributed by atoms with Crippen LogP contribution in [0.1, 0.15) is 45.1 Å². The highest BCUT2D eigenvalue weighted by Crippen LogP contribution is 2.28. The highest BCUT2D eigenvalue weighted by molar-refractivity contribution is 7.92. The molecule has 0 atom stereocenters. The Morgan fingerprint density at radius 1 is 0.939 bits per heavy atom. The van der Waals surface area contributed by atoms with Gasteiger partial charge in [0.15, 0.2) is 0 Å². The van der Waals surface area contributed by atoms with Crippen LogP contribution in [0, 0.1) is 27.7 Å². The molecule has 3 aromatic carbocycles. The number of carboxylic acid groups (broad SMARTS) is 1. The van der Waals surface area contributed by atoms with E-state index in [0.29, 0.717) is 29.2 Å². The third-order valence-corrected chi connectivity index (χ3v) is 7.86. The van der Waals surface area contributed by atoms with Gasteiger partial charge in [-0.25, -0.2) is 13.2 Å². The predicted octanol–water partition coefficient (Wildman–Crippen LogP) is 5.41. The first-order valence-electron chi connectivity index (χ1n) is 10.7. The lowest BCUT2D eigenvalue weighted by Crippen LogP contribution is -2.31. The fraction of sp³-hybridized carbons (Fsp3) is 0.269. The Hall–Kier alpha value is -3.32. The van der Waals surface area contributed by atoms with Gasteiger partial charge in [-0.2, -0.15) is 0 Å². The van der Waals surface area contributed by atoms with E-state index in [9.17, 15) is 18.3 Å². The van der Waals surface area contributed by atoms with Gasteiger partial charge in [0.05, 0.1) is 16.1 Å². The molecule has 0 amide bonds. The van der Waals surface area contributed by atoms with Crippen LogP contribution in [0.25, 0.3) is 0 Å². The number of sulfonamides is 1. The lowest BCUT2D eigenvalue weighted by atomic mass is 10.0. The van der Waals surface area contributed by atoms with Gasteiger partial charge < -0.3 is 9.84 Å². The van der Waals surface area contributed by atoms with Crippen LogP contribution in [0.2, 0.25) is 0 Å². The van der Waals surface area contributed by atoms with Gasteiger partial charge in [0.1, 0.15) is 12.4 Å². The van der Waals surface area contributed by atoms with E-state index in [1.54, 1.807) is 45.0 Å². The third-order valence-electron chi connectivity index (χ3n) is 5.98. The molecule has 0 aliphatic rings. The van der Waals surface area contributed by atoms with Gasteiger partial charge >= 0.3 is 5.97 Å². The van der Waals surface area contributed by atoms with Crippen molar-refractivity contribution in [3.05, 3.63) is 88.0 Å². The first kappa shape index (κ1) is 24.3. The smallest absolute Gasteiger partial charge is 0.336 e. The van der Waals surface area contributed by atoms with Crippen LogP contribution in [-0.2, 0) is 16.6 Å². The minimum absolute atomic E-state index is 0.0141. The Bertz CT molecular complexity index is 1280. The lowest BCUT2D eigenvalue weighted by molar-refractivity contribution is 0.0695. The van der Waals surface area contributed by atoms with E-state index in [0.717, 1.165) is 5.56 Å². The van der Waals surface area contributed by atoms with Crippen LogP contribution in [0.5, 0.6) is 5.75 Å². The molecule has 0 heterocycles. The number of benzene rings is 3. The van der Waals surface area contributed by atoms with Gasteiger partial charge in [0.25, 0.3) is 10.0 Å². The third kappa shape index (κ3) is 5.03. The maximum absolute atomic E-state index is 13.4. The van der Waals surface area contributed by atoms with Gasteiger partial charge in [-0.1, -0.05) is 18.2 Å². The van der Waals surface area contributed by atoms with Crippen LogP contribution in [0.3, 0.4) is 0 Å². The molecule has 0 aliphatic carbocycles. The summed E-state index contributed by atoms with van der Waals surface area (Å²) < 4.78 is 33.9. The van der Waals surface area contributed by atoms with Crippen molar-refractivity contribution < 1.29 is 23.1 Å². The van der Waals surface area contributed by atoms with E-state index < -0.39 is 16.0 Å². The summed E-state index contributed by atoms with van der Waals surface area (Å²) in [7, 11) is -3.95. The molecule has 0 saturated carbocycles. The molecular formula is C26H29NO5S. The number of aromatic carboxylic acids is 1. The maximum Gasteiger partial charge on any atom is 0.336 e. The van der Waals surface area contributed by atoms with Crippen molar-refractivity contribution in [3.63, 3.8) is 0 Å². The minimum atomic E-state index is -3.95. The largest absolute Gasteiger partial charge is 0.489 e. The van der Waals surface area contributed by atoms with Crippen LogP contribution >= 0.6 is 0 Å². The van der Waals surface area contributed by atoms with Gasteiger partial charge in [-0.15, -0.1) is 0 Å². The van der Waals surface area contributed by atoms with Crippen molar-refractivity contribution in [1.29, 1.82) is 0 Å². The fourth-order valence-electron chi connectivity index (χ4n) is 3.65. The average molecular weight is 468 g/mol. The highest BCUT2D eigenvalue weighted by Gasteiger charge is 2.26. The van der Waals surface area contributed by atoms with Crippen molar-refractivity contribution in [2.24, 2.45) is 0 Å². The molecule has 0 spiro atoms. The number of hydrogen-bond acceptors (Lipinski definition) is 4. The summed E-state index contributed by atoms with van der Waals surface area (Å²) >= 11 is 0. The van der Waals surface area contributed by atoms with Crippen LogP contribution < -0.4 is 9.04 Å². The normalized spacial score (nSPS) is 11.3. The highest BCUT2D eigenvalue weighted by atomic mass is 32.2. The maximum atomic E-state index is 13.4. The standard InChI is InChI=1S/C26H29NO5S/c1-6-27(33(30,31)24-14-18(3)20(5)25(15-24)26(28)29)22-10-12-23(13-11-22)32-16-21-9-7-8-17(2)19(21)4/h7-15H,6,16H2,1-5H3,(H,28,29). The van der Waals surface area contributed by atoms with Crippen molar-refractivity contribution in [1.82, 2.24) is 0 Å². The second kappa shape index (κ2) is 9.67. The average Bonchev–Trinajstić information content (AvgIpc) is 2.77. The molecule has 3 rings (SSSR count). The quantitative estimate of drug-likeness (QED) is 0.479. The SMILES string of the molecule is CCN(c1ccc(OCc2cccc(C)c2C)cc1)S(=O)(=O)c1cc(C)c(C)c(C(=O)O)c1. The van der Waals surface area contributed by atoms with Gasteiger partial charge in [-0.3, -0.25) is 4.31 Å². The second-order valence-corrected chi connectivity index (χ2v) is 9.89. The number of rotatable bonds is 8. The summed E-state index contributed by atoms with van der Waals surface area (Å²) in [5.41, 5.74) is 5.11. The molecule has 0 unspecified atom stereocenters. The molecule has 0 bridgehead atoms. The van der Waals surface area contributed by atoms with Gasteiger partial charge in [0, 0.05) is 6.54 Å². The topological polar surface area (TPSA) is 83.9 Å². The van der Waals surface area contributed by atoms with Crippen molar-refractivity contribution in [3.8, 4) is 5.75 Å². The Morgan fingerprint density at radius 3 is 2.21 bits per heavy atom. The van der Waals surface area contributed by atoms with Crippen LogP contribution in [0.4, 0.5) is 5.69 Å². The van der Waals surface area contributed by atoms with E-state index in [2.05, 4.69) is 19.9 Å². The lowest BCUT2D eigenvalue weighted by Gasteiger charge is -2.24. The van der Waals surface area contributed by atoms with Gasteiger partial charge in [0.2, 0.25) is 0 Å². The number of nitrogens with zero attached hydrogens (tertiary/aromatic N) is 1. The fourth-order valence-corrected chi connectivity index (χ4v) is 5.24. The summed E-state index contributed by atoms with van der Waals surface area (Å²) in [6.07, 6.45) is 0. The van der Waals surface area contributed by atoms with E-state index in [-0.39, 0.29) is 17.0 Å². The second-order valence-electron chi connectivity index (χ2n) is 8.03. The summed E-state index contributed by atoms with van der Waals surface area (Å²) in [5, 5.41) is 9.47. The number of carboxylic acids is 1. The number of carbonyl (C=O) groups is 1. The zero-order valence-electron chi connectivity index (χ0n) is 19.5. The molecule has 0 aliphatic heterocycles. The van der Waals surface area contributed by atoms with Crippen molar-refractivity contribution >= 4 is 21.7 Å². The summed E-state index contributed by atoms with van der Waals surface area (Å²) in [6.45, 7) is 9.85. The number of aryl methyl sites for hydroxylation is 2. The molecular weight excluding hydrogens is 438 g/mol. The molecule has 3 aromatic rings. The summed E-state index contributed by atoms with van der Waals surface area (Å²) in [4.78, 5) is 11.5. The summed E-state index contributed by atoms with van der Waals surface area (Å²) in [6, 6.07) is 15.7. The van der Waals surface area contributed by atoms with E-state index >= 15 is 0 Å². The molecule has 0 radical (unpaired) electrons. The van der Waals surface area contributed by atoms with Crippen molar-refractivity contribution in [2.75, 3.05) is 10.8 Å². The molecule has 7 heteroatoms. The first-order valence-corrected chi connectivity index (χ1v) is 12.2. The molecule has 33 heavy (non-hydrogen) atoms. The minimum Gasteiger partial charge on any atom is -0.489 e. The molecule has 174 valence electrons. The van der Waals surface area contributed by atoms with Gasteiger partial charge in [-0.05, 0) is 98.8 Å². The Morgan fingerprint density at radius 2 is 1.61 bits per heavy atom. The Kier molecular flexibility index (Phi) is 7.12. The van der Waals surface area contributed by atoms with E-state index in [4.69, 9.17) is 4.74 Å². The van der Waals surface area contributed by atoms with E-state index in [1.165, 1.54) is 27.6 Å². The Labute approximate surface area is 195 Å². The number of ether oxygens (including phenoxy) is 1. The molecule has 1 N–H and O–H groups in total. The molecule has 0 saturated heterocycles. The zero-order valence-corrected chi connectivity index (χ0v) is 20.4. The molecule has 0 aromatic heterocycles. The first-order chi connectivity index (χ1) is 15.6. The zero-order chi connectivity index (χ0) is 24.3. The molecule has 6 nitrogen and oxygen atoms in total.